The monoisotopic (exact) mass is 320 g/mol. The number of aliphatic hydroxyl groups is 1. The summed E-state index contributed by atoms with van der Waals surface area (Å²) in [6.45, 7) is 6.92. The summed E-state index contributed by atoms with van der Waals surface area (Å²) in [7, 11) is 0. The van der Waals surface area contributed by atoms with E-state index in [9.17, 15) is 15.0 Å². The topological polar surface area (TPSA) is 57.5 Å². The Morgan fingerprint density at radius 2 is 2.00 bits per heavy atom. The van der Waals surface area contributed by atoms with Crippen LogP contribution in [0.25, 0.3) is 0 Å². The third-order valence-electron chi connectivity index (χ3n) is 7.71. The smallest absolute Gasteiger partial charge is 0.309 e. The first-order chi connectivity index (χ1) is 10.8. The molecule has 0 heterocycles. The number of carbonyl (C=O) groups is 1. The summed E-state index contributed by atoms with van der Waals surface area (Å²) >= 11 is 0. The predicted octanol–water partition coefficient (Wildman–Crippen LogP) is 4.40. The van der Waals surface area contributed by atoms with E-state index in [-0.39, 0.29) is 23.4 Å². The van der Waals surface area contributed by atoms with Crippen molar-refractivity contribution >= 4 is 5.97 Å². The molecular formula is C20H32O3. The highest BCUT2D eigenvalue weighted by Crippen LogP contribution is 2.63. The van der Waals surface area contributed by atoms with Crippen LogP contribution >= 0.6 is 0 Å². The molecule has 0 radical (unpaired) electrons. The van der Waals surface area contributed by atoms with Gasteiger partial charge in [-0.05, 0) is 74.5 Å². The molecule has 23 heavy (non-hydrogen) atoms. The summed E-state index contributed by atoms with van der Waals surface area (Å²) < 4.78 is 0. The molecule has 0 bridgehead atoms. The fourth-order valence-corrected chi connectivity index (χ4v) is 6.22. The van der Waals surface area contributed by atoms with Crippen LogP contribution in [0.5, 0.6) is 0 Å². The van der Waals surface area contributed by atoms with Crippen LogP contribution in [0.4, 0.5) is 0 Å². The van der Waals surface area contributed by atoms with Crippen LogP contribution in [0.1, 0.15) is 72.1 Å². The van der Waals surface area contributed by atoms with Crippen LogP contribution in [-0.2, 0) is 4.79 Å². The Kier molecular flexibility index (Phi) is 4.15. The molecular weight excluding hydrogens is 288 g/mol. The van der Waals surface area contributed by atoms with Gasteiger partial charge < -0.3 is 10.2 Å². The quantitative estimate of drug-likeness (QED) is 0.758. The highest BCUT2D eigenvalue weighted by molar-refractivity contribution is 5.75. The average molecular weight is 320 g/mol. The molecule has 5 atom stereocenters. The number of rotatable bonds is 3. The van der Waals surface area contributed by atoms with E-state index in [2.05, 4.69) is 19.9 Å². The molecule has 5 unspecified atom stereocenters. The summed E-state index contributed by atoms with van der Waals surface area (Å²) in [6, 6.07) is 0. The maximum Gasteiger partial charge on any atom is 0.309 e. The SMILES string of the molecule is CC1(CCO)CCC2C(=CCC3C(C)(C(=O)O)CCCC23C)C1. The van der Waals surface area contributed by atoms with Gasteiger partial charge in [-0.25, -0.2) is 0 Å². The van der Waals surface area contributed by atoms with Crippen molar-refractivity contribution in [2.45, 2.75) is 72.1 Å². The zero-order valence-electron chi connectivity index (χ0n) is 14.9. The molecule has 3 nitrogen and oxygen atoms in total. The van der Waals surface area contributed by atoms with E-state index >= 15 is 0 Å². The largest absolute Gasteiger partial charge is 0.481 e. The van der Waals surface area contributed by atoms with Crippen LogP contribution in [0, 0.1) is 28.1 Å². The molecule has 3 aliphatic rings. The first-order valence-corrected chi connectivity index (χ1v) is 9.28. The highest BCUT2D eigenvalue weighted by Gasteiger charge is 2.58. The molecule has 0 aromatic heterocycles. The normalized spacial score (nSPS) is 46.5. The molecule has 3 aliphatic carbocycles. The molecule has 130 valence electrons. The van der Waals surface area contributed by atoms with Crippen LogP contribution in [0.3, 0.4) is 0 Å². The van der Waals surface area contributed by atoms with Crippen molar-refractivity contribution in [1.29, 1.82) is 0 Å². The lowest BCUT2D eigenvalue weighted by Crippen LogP contribution is -2.53. The average Bonchev–Trinajstić information content (AvgIpc) is 2.46. The number of hydrogen-bond acceptors (Lipinski definition) is 2. The standard InChI is InChI=1S/C20H32O3/c1-18(11-12-21)10-7-15-14(13-18)5-6-16-19(15,2)8-4-9-20(16,3)17(22)23/h5,15-16,21H,4,6-13H2,1-3H3,(H,22,23). The van der Waals surface area contributed by atoms with Crippen molar-refractivity contribution in [3.05, 3.63) is 11.6 Å². The maximum absolute atomic E-state index is 12.0. The number of aliphatic hydroxyl groups excluding tert-OH is 1. The minimum absolute atomic E-state index is 0.135. The lowest BCUT2D eigenvalue weighted by atomic mass is 9.45. The lowest BCUT2D eigenvalue weighted by molar-refractivity contribution is -0.163. The molecule has 2 fully saturated rings. The number of aliphatic carboxylic acids is 1. The van der Waals surface area contributed by atoms with E-state index in [1.54, 1.807) is 5.57 Å². The van der Waals surface area contributed by atoms with E-state index in [4.69, 9.17) is 0 Å². The second kappa shape index (κ2) is 5.61. The van der Waals surface area contributed by atoms with Crippen molar-refractivity contribution in [2.24, 2.45) is 28.1 Å². The molecule has 0 saturated heterocycles. The van der Waals surface area contributed by atoms with Gasteiger partial charge in [0, 0.05) is 6.61 Å². The van der Waals surface area contributed by atoms with Gasteiger partial charge in [0.25, 0.3) is 0 Å². The minimum atomic E-state index is -0.605. The zero-order chi connectivity index (χ0) is 16.9. The van der Waals surface area contributed by atoms with Crippen molar-refractivity contribution in [3.8, 4) is 0 Å². The van der Waals surface area contributed by atoms with Gasteiger partial charge in [0.2, 0.25) is 0 Å². The van der Waals surface area contributed by atoms with Crippen LogP contribution in [0.15, 0.2) is 11.6 Å². The van der Waals surface area contributed by atoms with Gasteiger partial charge in [-0.3, -0.25) is 4.79 Å². The van der Waals surface area contributed by atoms with E-state index < -0.39 is 11.4 Å². The Bertz CT molecular complexity index is 525. The second-order valence-corrected chi connectivity index (χ2v) is 9.20. The summed E-state index contributed by atoms with van der Waals surface area (Å²) in [4.78, 5) is 12.0. The van der Waals surface area contributed by atoms with Gasteiger partial charge in [-0.2, -0.15) is 0 Å². The Labute approximate surface area is 140 Å². The van der Waals surface area contributed by atoms with Gasteiger partial charge >= 0.3 is 5.97 Å². The predicted molar refractivity (Wildman–Crippen MR) is 91.0 cm³/mol. The summed E-state index contributed by atoms with van der Waals surface area (Å²) in [5, 5.41) is 19.2. The molecule has 0 amide bonds. The Morgan fingerprint density at radius 1 is 1.26 bits per heavy atom. The highest BCUT2D eigenvalue weighted by atomic mass is 16.4. The van der Waals surface area contributed by atoms with E-state index in [1.165, 1.54) is 6.42 Å². The van der Waals surface area contributed by atoms with E-state index in [0.717, 1.165) is 44.9 Å². The van der Waals surface area contributed by atoms with E-state index in [0.29, 0.717) is 5.92 Å². The lowest BCUT2D eigenvalue weighted by Gasteiger charge is -2.58. The fourth-order valence-electron chi connectivity index (χ4n) is 6.22. The number of hydrogen-bond donors (Lipinski definition) is 2. The van der Waals surface area contributed by atoms with Crippen LogP contribution in [0.2, 0.25) is 0 Å². The van der Waals surface area contributed by atoms with E-state index in [1.807, 2.05) is 6.92 Å². The molecule has 0 aliphatic heterocycles. The molecule has 0 spiro atoms. The second-order valence-electron chi connectivity index (χ2n) is 9.20. The van der Waals surface area contributed by atoms with Gasteiger partial charge in [0.1, 0.15) is 0 Å². The third kappa shape index (κ3) is 2.56. The Balaban J connectivity index is 1.92. The summed E-state index contributed by atoms with van der Waals surface area (Å²) in [5.41, 5.74) is 1.35. The van der Waals surface area contributed by atoms with Gasteiger partial charge in [0.05, 0.1) is 5.41 Å². The molecule has 0 aromatic carbocycles. The first kappa shape index (κ1) is 17.0. The Hall–Kier alpha value is -0.830. The number of carboxylic acid groups (broad SMARTS) is 1. The van der Waals surface area contributed by atoms with Crippen molar-refractivity contribution in [3.63, 3.8) is 0 Å². The maximum atomic E-state index is 12.0. The fraction of sp³-hybridized carbons (Fsp3) is 0.850. The summed E-state index contributed by atoms with van der Waals surface area (Å²) in [5.74, 6) is 0.204. The molecule has 2 N–H and O–H groups in total. The van der Waals surface area contributed by atoms with Crippen LogP contribution in [-0.4, -0.2) is 22.8 Å². The minimum Gasteiger partial charge on any atom is -0.481 e. The number of carboxylic acids is 1. The van der Waals surface area contributed by atoms with Crippen molar-refractivity contribution in [2.75, 3.05) is 6.61 Å². The Morgan fingerprint density at radius 3 is 2.65 bits per heavy atom. The molecule has 3 heteroatoms. The zero-order valence-corrected chi connectivity index (χ0v) is 14.9. The van der Waals surface area contributed by atoms with Gasteiger partial charge in [-0.1, -0.05) is 31.9 Å². The van der Waals surface area contributed by atoms with Gasteiger partial charge in [-0.15, -0.1) is 0 Å². The first-order valence-electron chi connectivity index (χ1n) is 9.28. The van der Waals surface area contributed by atoms with Crippen molar-refractivity contribution < 1.29 is 15.0 Å². The molecule has 3 rings (SSSR count). The molecule has 0 aromatic rings. The molecule has 2 saturated carbocycles. The van der Waals surface area contributed by atoms with Gasteiger partial charge in [0.15, 0.2) is 0 Å². The van der Waals surface area contributed by atoms with Crippen molar-refractivity contribution in [1.82, 2.24) is 0 Å². The van der Waals surface area contributed by atoms with Crippen LogP contribution < -0.4 is 0 Å². The number of allylic oxidation sites excluding steroid dienone is 2. The third-order valence-corrected chi connectivity index (χ3v) is 7.71. The summed E-state index contributed by atoms with van der Waals surface area (Å²) in [6.07, 6.45) is 10.6. The number of fused-ring (bicyclic) bond motifs is 3.